The number of benzene rings is 2. The van der Waals surface area contributed by atoms with Gasteiger partial charge in [0.2, 0.25) is 5.91 Å². The molecule has 0 atom stereocenters. The molecule has 3 rings (SSSR count). The topological polar surface area (TPSA) is 81.1 Å². The number of hydrogen-bond donors (Lipinski definition) is 2. The first-order valence-corrected chi connectivity index (χ1v) is 10.3. The number of amides is 1. The number of hydrogen-bond acceptors (Lipinski definition) is 6. The second-order valence-corrected chi connectivity index (χ2v) is 7.82. The van der Waals surface area contributed by atoms with Crippen molar-refractivity contribution in [3.63, 3.8) is 0 Å². The molecular weight excluding hydrogens is 433 g/mol. The molecule has 0 aliphatic rings. The average molecular weight is 452 g/mol. The Morgan fingerprint density at radius 3 is 2.72 bits per heavy atom. The first kappa shape index (κ1) is 21.3. The van der Waals surface area contributed by atoms with Crippen LogP contribution in [0.5, 0.6) is 5.75 Å². The Bertz CT molecular complexity index is 1010. The van der Waals surface area contributed by atoms with Crippen LogP contribution in [-0.4, -0.2) is 33.5 Å². The van der Waals surface area contributed by atoms with E-state index in [9.17, 15) is 4.79 Å². The molecule has 0 aliphatic heterocycles. The second-order valence-electron chi connectivity index (χ2n) is 6.00. The number of carbonyl (C=O) groups is 1. The van der Waals surface area contributed by atoms with Crippen molar-refractivity contribution < 1.29 is 9.53 Å². The van der Waals surface area contributed by atoms with Crippen LogP contribution in [0.4, 0.5) is 11.4 Å². The largest absolute Gasteiger partial charge is 0.495 e. The van der Waals surface area contributed by atoms with Crippen LogP contribution < -0.4 is 15.4 Å². The minimum Gasteiger partial charge on any atom is -0.495 e. The number of carbonyl (C=O) groups excluding carboxylic acids is 1. The summed E-state index contributed by atoms with van der Waals surface area (Å²) in [7, 11) is 3.39. The number of halogens is 2. The van der Waals surface area contributed by atoms with Gasteiger partial charge in [-0.1, -0.05) is 41.0 Å². The smallest absolute Gasteiger partial charge is 0.234 e. The zero-order chi connectivity index (χ0) is 20.8. The van der Waals surface area contributed by atoms with Crippen LogP contribution in [-0.2, 0) is 18.4 Å². The monoisotopic (exact) mass is 451 g/mol. The molecular formula is C19H19Cl2N5O2S. The molecule has 152 valence electrons. The van der Waals surface area contributed by atoms with E-state index in [0.717, 1.165) is 11.5 Å². The first-order valence-electron chi connectivity index (χ1n) is 8.60. The van der Waals surface area contributed by atoms with Crippen LogP contribution in [0.15, 0.2) is 47.6 Å². The molecule has 0 radical (unpaired) electrons. The van der Waals surface area contributed by atoms with E-state index in [1.807, 2.05) is 35.9 Å². The highest BCUT2D eigenvalue weighted by molar-refractivity contribution is 7.99. The molecule has 1 aromatic heterocycles. The molecule has 10 heteroatoms. The summed E-state index contributed by atoms with van der Waals surface area (Å²) in [4.78, 5) is 12.3. The normalized spacial score (nSPS) is 10.6. The lowest BCUT2D eigenvalue weighted by Crippen LogP contribution is -2.15. The van der Waals surface area contributed by atoms with Gasteiger partial charge in [0.25, 0.3) is 0 Å². The summed E-state index contributed by atoms with van der Waals surface area (Å²) in [6.45, 7) is 0.482. The SMILES string of the molecule is COc1ccc(Cl)cc1NC(=O)CSc1nnc(CNc2cccc(Cl)c2)n1C. The number of nitrogens with one attached hydrogen (secondary N) is 2. The van der Waals surface area contributed by atoms with Crippen molar-refractivity contribution in [1.29, 1.82) is 0 Å². The maximum Gasteiger partial charge on any atom is 0.234 e. The lowest BCUT2D eigenvalue weighted by Gasteiger charge is -2.10. The van der Waals surface area contributed by atoms with Gasteiger partial charge in [-0.25, -0.2) is 0 Å². The van der Waals surface area contributed by atoms with Crippen LogP contribution in [0.1, 0.15) is 5.82 Å². The first-order chi connectivity index (χ1) is 14.0. The Hall–Kier alpha value is -2.42. The molecule has 2 aromatic carbocycles. The average Bonchev–Trinajstić information content (AvgIpc) is 3.05. The molecule has 0 saturated heterocycles. The Kier molecular flexibility index (Phi) is 7.24. The molecule has 0 saturated carbocycles. The van der Waals surface area contributed by atoms with Crippen LogP contribution >= 0.6 is 35.0 Å². The quantitative estimate of drug-likeness (QED) is 0.491. The highest BCUT2D eigenvalue weighted by atomic mass is 35.5. The molecule has 0 bridgehead atoms. The van der Waals surface area contributed by atoms with E-state index in [1.54, 1.807) is 18.2 Å². The van der Waals surface area contributed by atoms with Crippen LogP contribution in [0.3, 0.4) is 0 Å². The Balaban J connectivity index is 1.56. The zero-order valence-corrected chi connectivity index (χ0v) is 18.1. The van der Waals surface area contributed by atoms with Crippen LogP contribution in [0.2, 0.25) is 10.0 Å². The van der Waals surface area contributed by atoms with Gasteiger partial charge in [-0.05, 0) is 36.4 Å². The number of ether oxygens (including phenoxy) is 1. The van der Waals surface area contributed by atoms with Crippen molar-refractivity contribution >= 4 is 52.2 Å². The van der Waals surface area contributed by atoms with E-state index < -0.39 is 0 Å². The Morgan fingerprint density at radius 1 is 1.17 bits per heavy atom. The molecule has 29 heavy (non-hydrogen) atoms. The summed E-state index contributed by atoms with van der Waals surface area (Å²) in [5.74, 6) is 1.26. The van der Waals surface area contributed by atoms with Crippen molar-refractivity contribution in [3.8, 4) is 5.75 Å². The van der Waals surface area contributed by atoms with E-state index in [4.69, 9.17) is 27.9 Å². The number of nitrogens with zero attached hydrogens (tertiary/aromatic N) is 3. The van der Waals surface area contributed by atoms with E-state index >= 15 is 0 Å². The third-order valence-electron chi connectivity index (χ3n) is 3.97. The van der Waals surface area contributed by atoms with E-state index in [0.29, 0.717) is 33.2 Å². The molecule has 7 nitrogen and oxygen atoms in total. The molecule has 0 fully saturated rings. The number of anilines is 2. The summed E-state index contributed by atoms with van der Waals surface area (Å²) in [5.41, 5.74) is 1.42. The third kappa shape index (κ3) is 5.79. The molecule has 0 unspecified atom stereocenters. The summed E-state index contributed by atoms with van der Waals surface area (Å²) in [5, 5.41) is 16.2. The maximum atomic E-state index is 12.3. The molecule has 3 aromatic rings. The van der Waals surface area contributed by atoms with Gasteiger partial charge in [0.05, 0.1) is 25.1 Å². The van der Waals surface area contributed by atoms with Gasteiger partial charge in [0.1, 0.15) is 5.75 Å². The van der Waals surface area contributed by atoms with Crippen LogP contribution in [0.25, 0.3) is 0 Å². The maximum absolute atomic E-state index is 12.3. The predicted molar refractivity (Wildman–Crippen MR) is 117 cm³/mol. The number of aromatic nitrogens is 3. The fourth-order valence-corrected chi connectivity index (χ4v) is 3.59. The van der Waals surface area contributed by atoms with Crippen molar-refractivity contribution in [3.05, 3.63) is 58.3 Å². The van der Waals surface area contributed by atoms with Gasteiger partial charge >= 0.3 is 0 Å². The predicted octanol–water partition coefficient (Wildman–Crippen LogP) is 4.47. The van der Waals surface area contributed by atoms with E-state index in [-0.39, 0.29) is 11.7 Å². The van der Waals surface area contributed by atoms with Crippen LogP contribution in [0, 0.1) is 0 Å². The van der Waals surface area contributed by atoms with Crippen molar-refractivity contribution in [2.24, 2.45) is 7.05 Å². The number of methoxy groups -OCH3 is 1. The molecule has 0 aliphatic carbocycles. The van der Waals surface area contributed by atoms with Gasteiger partial charge in [-0.15, -0.1) is 10.2 Å². The fourth-order valence-electron chi connectivity index (χ4n) is 2.50. The van der Waals surface area contributed by atoms with Crippen molar-refractivity contribution in [2.75, 3.05) is 23.5 Å². The Morgan fingerprint density at radius 2 is 1.97 bits per heavy atom. The minimum absolute atomic E-state index is 0.170. The molecule has 0 spiro atoms. The summed E-state index contributed by atoms with van der Waals surface area (Å²) in [6, 6.07) is 12.5. The standard InChI is InChI=1S/C19H19Cl2N5O2S/c1-26-17(10-22-14-5-3-4-12(20)8-14)24-25-19(26)29-11-18(27)23-15-9-13(21)6-7-16(15)28-2/h3-9,22H,10-11H2,1-2H3,(H,23,27). The van der Waals surface area contributed by atoms with Crippen molar-refractivity contribution in [1.82, 2.24) is 14.8 Å². The lowest BCUT2D eigenvalue weighted by atomic mass is 10.3. The molecule has 2 N–H and O–H groups in total. The lowest BCUT2D eigenvalue weighted by molar-refractivity contribution is -0.113. The number of rotatable bonds is 8. The second kappa shape index (κ2) is 9.87. The molecule has 1 amide bonds. The highest BCUT2D eigenvalue weighted by Crippen LogP contribution is 2.28. The Labute approximate surface area is 182 Å². The zero-order valence-electron chi connectivity index (χ0n) is 15.8. The van der Waals surface area contributed by atoms with Gasteiger partial charge in [-0.3, -0.25) is 4.79 Å². The van der Waals surface area contributed by atoms with Gasteiger partial charge in [0, 0.05) is 22.8 Å². The van der Waals surface area contributed by atoms with Gasteiger partial charge < -0.3 is 19.9 Å². The van der Waals surface area contributed by atoms with Gasteiger partial charge in [-0.2, -0.15) is 0 Å². The third-order valence-corrected chi connectivity index (χ3v) is 5.46. The minimum atomic E-state index is -0.197. The fraction of sp³-hybridized carbons (Fsp3) is 0.211. The van der Waals surface area contributed by atoms with Gasteiger partial charge in [0.15, 0.2) is 11.0 Å². The van der Waals surface area contributed by atoms with Crippen molar-refractivity contribution in [2.45, 2.75) is 11.7 Å². The summed E-state index contributed by atoms with van der Waals surface area (Å²) >= 11 is 13.3. The van der Waals surface area contributed by atoms with E-state index in [2.05, 4.69) is 20.8 Å². The van der Waals surface area contributed by atoms with E-state index in [1.165, 1.54) is 18.9 Å². The number of thioether (sulfide) groups is 1. The molecule has 1 heterocycles. The highest BCUT2D eigenvalue weighted by Gasteiger charge is 2.13. The summed E-state index contributed by atoms with van der Waals surface area (Å²) in [6.07, 6.45) is 0. The summed E-state index contributed by atoms with van der Waals surface area (Å²) < 4.78 is 7.08.